The van der Waals surface area contributed by atoms with Crippen molar-refractivity contribution in [2.24, 2.45) is 0 Å². The second-order valence-corrected chi connectivity index (χ2v) is 6.50. The smallest absolute Gasteiger partial charge is 0.324 e. The summed E-state index contributed by atoms with van der Waals surface area (Å²) in [5.74, 6) is 0. The van der Waals surface area contributed by atoms with Crippen molar-refractivity contribution >= 4 is 7.14 Å². The molecule has 0 saturated carbocycles. The van der Waals surface area contributed by atoms with E-state index in [4.69, 9.17) is 0 Å². The van der Waals surface area contributed by atoms with Crippen LogP contribution >= 0.6 is 7.14 Å². The maximum Gasteiger partial charge on any atom is 0.395 e. The molecule has 12 heavy (non-hydrogen) atoms. The Hall–Kier alpha value is 0.0200. The third-order valence-corrected chi connectivity index (χ3v) is 3.79. The lowest BCUT2D eigenvalue weighted by molar-refractivity contribution is -0.106. The minimum Gasteiger partial charge on any atom is -0.324 e. The Kier molecular flexibility index (Phi) is 4.32. The van der Waals surface area contributed by atoms with Crippen molar-refractivity contribution in [3.63, 3.8) is 0 Å². The number of hydrogen-bond donors (Lipinski definition) is 0. The molecule has 0 aromatic rings. The Morgan fingerprint density at radius 3 is 2.17 bits per heavy atom. The molecule has 0 rings (SSSR count). The lowest BCUT2D eigenvalue weighted by atomic mass is 10.4. The fourth-order valence-corrected chi connectivity index (χ4v) is 2.85. The molecule has 0 spiro atoms. The first-order chi connectivity index (χ1) is 5.27. The van der Waals surface area contributed by atoms with Gasteiger partial charge in [-0.3, -0.25) is 0 Å². The molecular formula is C7H14F3OP. The zero-order valence-corrected chi connectivity index (χ0v) is 8.21. The molecule has 0 aromatic carbocycles. The number of halogens is 3. The number of alkyl halides is 3. The molecule has 0 N–H and O–H groups in total. The normalized spacial score (nSPS) is 17.4. The first-order valence-corrected chi connectivity index (χ1v) is 6.41. The molecule has 0 bridgehead atoms. The van der Waals surface area contributed by atoms with E-state index in [1.54, 1.807) is 0 Å². The van der Waals surface area contributed by atoms with Crippen LogP contribution in [0.1, 0.15) is 19.8 Å². The second-order valence-electron chi connectivity index (χ2n) is 3.15. The van der Waals surface area contributed by atoms with Crippen LogP contribution in [0.25, 0.3) is 0 Å². The van der Waals surface area contributed by atoms with E-state index in [1.807, 2.05) is 6.92 Å². The van der Waals surface area contributed by atoms with Gasteiger partial charge in [-0.25, -0.2) is 0 Å². The SMILES string of the molecule is CCCCP(C)(=O)CC(F)(F)F. The molecule has 0 aliphatic heterocycles. The van der Waals surface area contributed by atoms with Crippen LogP contribution in [0, 0.1) is 0 Å². The standard InChI is InChI=1S/C7H14F3OP/c1-3-4-5-12(2,11)6-7(8,9)10/h3-6H2,1-2H3. The molecule has 74 valence electrons. The van der Waals surface area contributed by atoms with Crippen molar-refractivity contribution in [1.29, 1.82) is 0 Å². The quantitative estimate of drug-likeness (QED) is 0.639. The first-order valence-electron chi connectivity index (χ1n) is 3.89. The lowest BCUT2D eigenvalue weighted by Gasteiger charge is -2.14. The van der Waals surface area contributed by atoms with E-state index in [2.05, 4.69) is 0 Å². The molecule has 1 unspecified atom stereocenters. The summed E-state index contributed by atoms with van der Waals surface area (Å²) < 4.78 is 46.7. The van der Waals surface area contributed by atoms with E-state index in [9.17, 15) is 17.7 Å². The van der Waals surface area contributed by atoms with E-state index in [0.29, 0.717) is 6.42 Å². The molecule has 0 amide bonds. The van der Waals surface area contributed by atoms with Crippen molar-refractivity contribution in [1.82, 2.24) is 0 Å². The van der Waals surface area contributed by atoms with Crippen LogP contribution in [0.3, 0.4) is 0 Å². The van der Waals surface area contributed by atoms with Gasteiger partial charge in [0.2, 0.25) is 0 Å². The van der Waals surface area contributed by atoms with Crippen LogP contribution in [0.5, 0.6) is 0 Å². The first kappa shape index (κ1) is 12.0. The summed E-state index contributed by atoms with van der Waals surface area (Å²) in [7, 11) is -2.96. The van der Waals surface area contributed by atoms with E-state index in [0.717, 1.165) is 6.42 Å². The summed E-state index contributed by atoms with van der Waals surface area (Å²) in [4.78, 5) is 0. The van der Waals surface area contributed by atoms with Gasteiger partial charge in [-0.15, -0.1) is 0 Å². The van der Waals surface area contributed by atoms with Crippen LogP contribution in [-0.2, 0) is 4.57 Å². The number of unbranched alkanes of at least 4 members (excludes halogenated alkanes) is 1. The highest BCUT2D eigenvalue weighted by atomic mass is 31.2. The van der Waals surface area contributed by atoms with Gasteiger partial charge in [0.1, 0.15) is 0 Å². The highest BCUT2D eigenvalue weighted by molar-refractivity contribution is 7.63. The topological polar surface area (TPSA) is 17.1 Å². The fraction of sp³-hybridized carbons (Fsp3) is 1.00. The molecule has 1 nitrogen and oxygen atoms in total. The second kappa shape index (κ2) is 4.31. The van der Waals surface area contributed by atoms with Gasteiger partial charge in [0.15, 0.2) is 0 Å². The Morgan fingerprint density at radius 2 is 1.83 bits per heavy atom. The summed E-state index contributed by atoms with van der Waals surface area (Å²) in [5.41, 5.74) is 0. The van der Waals surface area contributed by atoms with Crippen LogP contribution in [0.4, 0.5) is 13.2 Å². The van der Waals surface area contributed by atoms with Crippen LogP contribution in [-0.4, -0.2) is 25.2 Å². The van der Waals surface area contributed by atoms with Gasteiger partial charge in [-0.05, 0) is 13.1 Å². The highest BCUT2D eigenvalue weighted by Gasteiger charge is 2.35. The average Bonchev–Trinajstić information content (AvgIpc) is 1.78. The largest absolute Gasteiger partial charge is 0.395 e. The van der Waals surface area contributed by atoms with Gasteiger partial charge < -0.3 is 4.57 Å². The van der Waals surface area contributed by atoms with Crippen molar-refractivity contribution in [3.8, 4) is 0 Å². The molecule has 0 fully saturated rings. The Labute approximate surface area is 70.7 Å². The Balaban J connectivity index is 3.96. The summed E-state index contributed by atoms with van der Waals surface area (Å²) in [6, 6.07) is 0. The molecule has 0 aliphatic carbocycles. The van der Waals surface area contributed by atoms with Crippen LogP contribution < -0.4 is 0 Å². The fourth-order valence-electron chi connectivity index (χ4n) is 0.951. The molecule has 0 saturated heterocycles. The van der Waals surface area contributed by atoms with Gasteiger partial charge >= 0.3 is 6.18 Å². The summed E-state index contributed by atoms with van der Waals surface area (Å²) in [6.45, 7) is 3.10. The van der Waals surface area contributed by atoms with E-state index in [1.165, 1.54) is 6.66 Å². The Morgan fingerprint density at radius 1 is 1.33 bits per heavy atom. The summed E-state index contributed by atoms with van der Waals surface area (Å²) in [5, 5.41) is 0. The van der Waals surface area contributed by atoms with E-state index >= 15 is 0 Å². The van der Waals surface area contributed by atoms with Gasteiger partial charge in [-0.1, -0.05) is 13.3 Å². The maximum absolute atomic E-state index is 11.8. The zero-order chi connectivity index (χ0) is 9.83. The average molecular weight is 202 g/mol. The van der Waals surface area contributed by atoms with Crippen molar-refractivity contribution < 1.29 is 17.7 Å². The van der Waals surface area contributed by atoms with Gasteiger partial charge in [-0.2, -0.15) is 13.2 Å². The predicted molar refractivity (Wildman–Crippen MR) is 44.2 cm³/mol. The van der Waals surface area contributed by atoms with Gasteiger partial charge in [0.25, 0.3) is 0 Å². The van der Waals surface area contributed by atoms with Crippen LogP contribution in [0.2, 0.25) is 0 Å². The third kappa shape index (κ3) is 6.71. The molecule has 0 aromatic heterocycles. The number of hydrogen-bond acceptors (Lipinski definition) is 1. The predicted octanol–water partition coefficient (Wildman–Crippen LogP) is 3.34. The number of rotatable bonds is 4. The molecule has 1 atom stereocenters. The highest BCUT2D eigenvalue weighted by Crippen LogP contribution is 2.46. The molecule has 0 radical (unpaired) electrons. The minimum atomic E-state index is -4.28. The van der Waals surface area contributed by atoms with E-state index in [-0.39, 0.29) is 6.16 Å². The minimum absolute atomic E-state index is 0.211. The lowest BCUT2D eigenvalue weighted by Crippen LogP contribution is -2.15. The monoisotopic (exact) mass is 202 g/mol. The van der Waals surface area contributed by atoms with Crippen LogP contribution in [0.15, 0.2) is 0 Å². The van der Waals surface area contributed by atoms with E-state index < -0.39 is 19.5 Å². The van der Waals surface area contributed by atoms with Crippen molar-refractivity contribution in [3.05, 3.63) is 0 Å². The Bertz CT molecular complexity index is 176. The van der Waals surface area contributed by atoms with Crippen molar-refractivity contribution in [2.45, 2.75) is 25.9 Å². The summed E-state index contributed by atoms with van der Waals surface area (Å²) >= 11 is 0. The molecule has 0 heterocycles. The van der Waals surface area contributed by atoms with Gasteiger partial charge in [0, 0.05) is 6.16 Å². The molecule has 0 aliphatic rings. The third-order valence-electron chi connectivity index (χ3n) is 1.50. The molecular weight excluding hydrogens is 188 g/mol. The summed E-state index contributed by atoms with van der Waals surface area (Å²) in [6.07, 6.45) is -3.78. The maximum atomic E-state index is 11.8. The molecule has 5 heteroatoms. The zero-order valence-electron chi connectivity index (χ0n) is 7.32. The van der Waals surface area contributed by atoms with Crippen molar-refractivity contribution in [2.75, 3.05) is 19.0 Å². The van der Waals surface area contributed by atoms with Gasteiger partial charge in [0.05, 0.1) is 13.3 Å².